The molecule has 98 valence electrons. The first-order valence-corrected chi connectivity index (χ1v) is 7.38. The minimum absolute atomic E-state index is 0.280. The van der Waals surface area contributed by atoms with E-state index >= 15 is 0 Å². The number of hydrogen-bond donors (Lipinski definition) is 1. The van der Waals surface area contributed by atoms with Gasteiger partial charge in [-0.2, -0.15) is 0 Å². The first-order valence-electron chi connectivity index (χ1n) is 6.13. The Balaban J connectivity index is 1.83. The summed E-state index contributed by atoms with van der Waals surface area (Å²) in [5, 5.41) is 2.79. The molecule has 5 heteroatoms. The molecule has 0 amide bonds. The van der Waals surface area contributed by atoms with Crippen LogP contribution in [0, 0.1) is 0 Å². The van der Waals surface area contributed by atoms with Crippen molar-refractivity contribution in [3.05, 3.63) is 58.3 Å². The Hall–Kier alpha value is -1.36. The third-order valence-corrected chi connectivity index (χ3v) is 4.25. The van der Waals surface area contributed by atoms with Crippen molar-refractivity contribution in [3.8, 4) is 0 Å². The summed E-state index contributed by atoms with van der Waals surface area (Å²) in [6.07, 6.45) is 4.95. The van der Waals surface area contributed by atoms with Crippen LogP contribution in [0.3, 0.4) is 0 Å². The zero-order valence-electron chi connectivity index (χ0n) is 10.3. The molecule has 3 aromatic rings. The number of thiazole rings is 1. The number of aromatic nitrogens is 2. The van der Waals surface area contributed by atoms with Crippen LogP contribution in [0.4, 0.5) is 0 Å². The summed E-state index contributed by atoms with van der Waals surface area (Å²) in [5.74, 6) is 0.280. The Morgan fingerprint density at radius 2 is 2.11 bits per heavy atom. The zero-order valence-corrected chi connectivity index (χ0v) is 11.9. The van der Waals surface area contributed by atoms with Crippen LogP contribution in [-0.2, 0) is 6.42 Å². The first-order chi connectivity index (χ1) is 9.26. The van der Waals surface area contributed by atoms with Gasteiger partial charge in [-0.25, -0.2) is 4.98 Å². The number of nitrogens with zero attached hydrogens (tertiary/aromatic N) is 2. The van der Waals surface area contributed by atoms with E-state index in [-0.39, 0.29) is 5.92 Å². The summed E-state index contributed by atoms with van der Waals surface area (Å²) in [5.41, 5.74) is 8.19. The third kappa shape index (κ3) is 2.66. The van der Waals surface area contributed by atoms with Crippen LogP contribution in [0.2, 0.25) is 5.02 Å². The standard InChI is InChI=1S/C14H14ClN3S/c15-12-3-1-10(2-4-12)11(8-16)7-13-9-18-5-6-19-14(18)17-13/h1-6,9,11H,7-8,16H2. The molecule has 1 unspecified atom stereocenters. The maximum Gasteiger partial charge on any atom is 0.193 e. The summed E-state index contributed by atoms with van der Waals surface area (Å²) in [7, 11) is 0. The fourth-order valence-electron chi connectivity index (χ4n) is 2.20. The number of fused-ring (bicyclic) bond motifs is 1. The van der Waals surface area contributed by atoms with Gasteiger partial charge in [0.25, 0.3) is 0 Å². The molecule has 2 heterocycles. The molecule has 0 spiro atoms. The van der Waals surface area contributed by atoms with Gasteiger partial charge >= 0.3 is 0 Å². The average molecular weight is 292 g/mol. The van der Waals surface area contributed by atoms with Crippen LogP contribution >= 0.6 is 22.9 Å². The van der Waals surface area contributed by atoms with Crippen LogP contribution in [0.5, 0.6) is 0 Å². The maximum atomic E-state index is 5.91. The van der Waals surface area contributed by atoms with Crippen LogP contribution in [0.15, 0.2) is 42.0 Å². The summed E-state index contributed by atoms with van der Waals surface area (Å²) in [4.78, 5) is 5.63. The van der Waals surface area contributed by atoms with Crippen molar-refractivity contribution in [2.45, 2.75) is 12.3 Å². The molecule has 0 saturated carbocycles. The van der Waals surface area contributed by atoms with E-state index in [0.29, 0.717) is 6.54 Å². The van der Waals surface area contributed by atoms with E-state index in [0.717, 1.165) is 22.1 Å². The van der Waals surface area contributed by atoms with E-state index in [1.165, 1.54) is 5.56 Å². The van der Waals surface area contributed by atoms with E-state index < -0.39 is 0 Å². The van der Waals surface area contributed by atoms with Gasteiger partial charge in [-0.05, 0) is 30.7 Å². The van der Waals surface area contributed by atoms with Gasteiger partial charge in [0.2, 0.25) is 0 Å². The molecular weight excluding hydrogens is 278 g/mol. The number of benzene rings is 1. The predicted octanol–water partition coefficient (Wildman–Crippen LogP) is 3.33. The van der Waals surface area contributed by atoms with Crippen molar-refractivity contribution in [2.24, 2.45) is 5.73 Å². The smallest absolute Gasteiger partial charge is 0.193 e. The minimum Gasteiger partial charge on any atom is -0.330 e. The largest absolute Gasteiger partial charge is 0.330 e. The molecule has 0 bridgehead atoms. The number of rotatable bonds is 4. The highest BCUT2D eigenvalue weighted by molar-refractivity contribution is 7.15. The Morgan fingerprint density at radius 3 is 2.79 bits per heavy atom. The molecule has 0 aliphatic heterocycles. The second kappa shape index (κ2) is 5.33. The van der Waals surface area contributed by atoms with Crippen LogP contribution < -0.4 is 5.73 Å². The summed E-state index contributed by atoms with van der Waals surface area (Å²) < 4.78 is 2.05. The second-order valence-electron chi connectivity index (χ2n) is 4.51. The zero-order chi connectivity index (χ0) is 13.2. The van der Waals surface area contributed by atoms with Crippen molar-refractivity contribution in [3.63, 3.8) is 0 Å². The number of nitrogens with two attached hydrogens (primary N) is 1. The third-order valence-electron chi connectivity index (χ3n) is 3.22. The van der Waals surface area contributed by atoms with E-state index in [9.17, 15) is 0 Å². The SMILES string of the molecule is NCC(Cc1cn2ccsc2n1)c1ccc(Cl)cc1. The van der Waals surface area contributed by atoms with Crippen LogP contribution in [0.1, 0.15) is 17.2 Å². The lowest BCUT2D eigenvalue weighted by atomic mass is 9.95. The highest BCUT2D eigenvalue weighted by Gasteiger charge is 2.13. The van der Waals surface area contributed by atoms with Gasteiger partial charge in [-0.3, -0.25) is 4.40 Å². The molecule has 2 N–H and O–H groups in total. The number of halogens is 1. The summed E-state index contributed by atoms with van der Waals surface area (Å²) in [6, 6.07) is 7.90. The van der Waals surface area contributed by atoms with Crippen molar-refractivity contribution in [1.29, 1.82) is 0 Å². The normalized spacial score (nSPS) is 12.9. The maximum absolute atomic E-state index is 5.91. The van der Waals surface area contributed by atoms with Crippen molar-refractivity contribution in [2.75, 3.05) is 6.54 Å². The molecule has 0 saturated heterocycles. The monoisotopic (exact) mass is 291 g/mol. The van der Waals surface area contributed by atoms with Gasteiger partial charge < -0.3 is 5.73 Å². The first kappa shape index (κ1) is 12.7. The van der Waals surface area contributed by atoms with Crippen molar-refractivity contribution >= 4 is 27.9 Å². The lowest BCUT2D eigenvalue weighted by Crippen LogP contribution is -2.15. The molecule has 19 heavy (non-hydrogen) atoms. The molecule has 2 aromatic heterocycles. The average Bonchev–Trinajstić information content (AvgIpc) is 2.98. The number of imidazole rings is 1. The van der Waals surface area contributed by atoms with Crippen molar-refractivity contribution < 1.29 is 0 Å². The molecular formula is C14H14ClN3S. The van der Waals surface area contributed by atoms with Gasteiger partial charge in [0, 0.05) is 28.7 Å². The molecule has 3 nitrogen and oxygen atoms in total. The lowest BCUT2D eigenvalue weighted by Gasteiger charge is -2.13. The highest BCUT2D eigenvalue weighted by atomic mass is 35.5. The van der Waals surface area contributed by atoms with E-state index in [2.05, 4.69) is 15.6 Å². The topological polar surface area (TPSA) is 43.3 Å². The Labute approximate surface area is 120 Å². The second-order valence-corrected chi connectivity index (χ2v) is 5.82. The summed E-state index contributed by atoms with van der Waals surface area (Å²) in [6.45, 7) is 0.604. The molecule has 0 aliphatic rings. The van der Waals surface area contributed by atoms with Crippen LogP contribution in [-0.4, -0.2) is 15.9 Å². The molecule has 0 aliphatic carbocycles. The Kier molecular flexibility index (Phi) is 3.55. The molecule has 0 fully saturated rings. The van der Waals surface area contributed by atoms with Crippen molar-refractivity contribution in [1.82, 2.24) is 9.38 Å². The molecule has 1 atom stereocenters. The quantitative estimate of drug-likeness (QED) is 0.801. The highest BCUT2D eigenvalue weighted by Crippen LogP contribution is 2.22. The van der Waals surface area contributed by atoms with Gasteiger partial charge in [0.1, 0.15) is 0 Å². The lowest BCUT2D eigenvalue weighted by molar-refractivity contribution is 0.685. The fraction of sp³-hybridized carbons (Fsp3) is 0.214. The van der Waals surface area contributed by atoms with Gasteiger partial charge in [-0.15, -0.1) is 11.3 Å². The van der Waals surface area contributed by atoms with E-state index in [1.54, 1.807) is 11.3 Å². The molecule has 3 rings (SSSR count). The predicted molar refractivity (Wildman–Crippen MR) is 80.0 cm³/mol. The summed E-state index contributed by atoms with van der Waals surface area (Å²) >= 11 is 7.56. The van der Waals surface area contributed by atoms with Crippen LogP contribution in [0.25, 0.3) is 4.96 Å². The Morgan fingerprint density at radius 1 is 1.32 bits per heavy atom. The van der Waals surface area contributed by atoms with Gasteiger partial charge in [0.15, 0.2) is 4.96 Å². The fourth-order valence-corrected chi connectivity index (χ4v) is 3.04. The minimum atomic E-state index is 0.280. The number of hydrogen-bond acceptors (Lipinski definition) is 3. The van der Waals surface area contributed by atoms with Gasteiger partial charge in [0.05, 0.1) is 5.69 Å². The van der Waals surface area contributed by atoms with Gasteiger partial charge in [-0.1, -0.05) is 23.7 Å². The van der Waals surface area contributed by atoms with E-state index in [4.69, 9.17) is 17.3 Å². The Bertz CT molecular complexity index is 643. The van der Waals surface area contributed by atoms with E-state index in [1.807, 2.05) is 35.8 Å². The molecule has 0 radical (unpaired) electrons. The molecule has 1 aromatic carbocycles.